The number of carbonyl (C=O) groups is 2. The predicted molar refractivity (Wildman–Crippen MR) is 74.1 cm³/mol. The molecule has 0 saturated heterocycles. The van der Waals surface area contributed by atoms with Crippen molar-refractivity contribution >= 4 is 29.3 Å². The van der Waals surface area contributed by atoms with E-state index in [1.807, 2.05) is 13.2 Å². The summed E-state index contributed by atoms with van der Waals surface area (Å²) >= 11 is 1.47. The Labute approximate surface area is 111 Å². The number of amides is 1. The highest BCUT2D eigenvalue weighted by Gasteiger charge is 2.14. The maximum absolute atomic E-state index is 11.6. The molecule has 0 heterocycles. The number of rotatable bonds is 5. The van der Waals surface area contributed by atoms with Crippen molar-refractivity contribution in [3.63, 3.8) is 0 Å². The largest absolute Gasteiger partial charge is 0.481 e. The number of benzene rings is 1. The van der Waals surface area contributed by atoms with Gasteiger partial charge in [0.25, 0.3) is 0 Å². The summed E-state index contributed by atoms with van der Waals surface area (Å²) in [6.07, 6.45) is 1.88. The van der Waals surface area contributed by atoms with Crippen LogP contribution in [0.4, 0.5) is 5.69 Å². The first kappa shape index (κ1) is 14.6. The van der Waals surface area contributed by atoms with Crippen LogP contribution >= 0.6 is 11.8 Å². The molecule has 2 unspecified atom stereocenters. The van der Waals surface area contributed by atoms with E-state index in [2.05, 4.69) is 5.32 Å². The van der Waals surface area contributed by atoms with Crippen LogP contribution in [-0.2, 0) is 9.59 Å². The molecule has 0 radical (unpaired) electrons. The lowest BCUT2D eigenvalue weighted by molar-refractivity contribution is -0.138. The van der Waals surface area contributed by atoms with Gasteiger partial charge in [0.05, 0.1) is 11.2 Å². The highest BCUT2D eigenvalue weighted by molar-refractivity contribution is 7.99. The summed E-state index contributed by atoms with van der Waals surface area (Å²) in [5, 5.41) is 11.6. The Bertz CT molecular complexity index is 430. The van der Waals surface area contributed by atoms with Gasteiger partial charge in [-0.2, -0.15) is 11.8 Å². The zero-order valence-corrected chi connectivity index (χ0v) is 11.5. The van der Waals surface area contributed by atoms with Gasteiger partial charge in [-0.25, -0.2) is 0 Å². The average Bonchev–Trinajstić information content (AvgIpc) is 2.37. The van der Waals surface area contributed by atoms with Gasteiger partial charge in [0, 0.05) is 5.69 Å². The van der Waals surface area contributed by atoms with Gasteiger partial charge in [-0.3, -0.25) is 9.59 Å². The second kappa shape index (κ2) is 6.44. The minimum absolute atomic E-state index is 0.0541. The van der Waals surface area contributed by atoms with Gasteiger partial charge in [-0.05, 0) is 37.8 Å². The summed E-state index contributed by atoms with van der Waals surface area (Å²) < 4.78 is 0. The molecule has 0 aliphatic carbocycles. The topological polar surface area (TPSA) is 66.4 Å². The summed E-state index contributed by atoms with van der Waals surface area (Å²) in [5.41, 5.74) is 1.40. The zero-order chi connectivity index (χ0) is 13.7. The van der Waals surface area contributed by atoms with Gasteiger partial charge in [0.15, 0.2) is 0 Å². The molecular formula is C13H17NO3S. The van der Waals surface area contributed by atoms with E-state index in [9.17, 15) is 9.59 Å². The van der Waals surface area contributed by atoms with Gasteiger partial charge in [-0.15, -0.1) is 0 Å². The van der Waals surface area contributed by atoms with Gasteiger partial charge in [0.1, 0.15) is 0 Å². The van der Waals surface area contributed by atoms with Crippen molar-refractivity contribution in [3.05, 3.63) is 29.8 Å². The Morgan fingerprint density at radius 2 is 1.78 bits per heavy atom. The van der Waals surface area contributed by atoms with E-state index in [0.29, 0.717) is 5.69 Å². The molecule has 0 aromatic heterocycles. The van der Waals surface area contributed by atoms with E-state index in [0.717, 1.165) is 5.56 Å². The number of nitrogens with one attached hydrogen (secondary N) is 1. The number of carbonyl (C=O) groups excluding carboxylic acids is 1. The third-order valence-electron chi connectivity index (χ3n) is 2.77. The summed E-state index contributed by atoms with van der Waals surface area (Å²) in [5.74, 6) is -1.45. The van der Waals surface area contributed by atoms with Gasteiger partial charge >= 0.3 is 5.97 Å². The molecule has 1 aromatic carbocycles. The number of carboxylic acids is 1. The van der Waals surface area contributed by atoms with Crippen LogP contribution in [0.1, 0.15) is 25.3 Å². The van der Waals surface area contributed by atoms with Gasteiger partial charge in [0.2, 0.25) is 5.91 Å². The molecule has 0 aliphatic rings. The summed E-state index contributed by atoms with van der Waals surface area (Å²) in [6.45, 7) is 3.46. The third kappa shape index (κ3) is 3.77. The molecule has 2 N–H and O–H groups in total. The minimum Gasteiger partial charge on any atom is -0.481 e. The van der Waals surface area contributed by atoms with Crippen molar-refractivity contribution in [2.45, 2.75) is 25.0 Å². The van der Waals surface area contributed by atoms with Crippen molar-refractivity contribution in [2.24, 2.45) is 0 Å². The van der Waals surface area contributed by atoms with E-state index >= 15 is 0 Å². The van der Waals surface area contributed by atoms with Crippen LogP contribution in [0.5, 0.6) is 0 Å². The minimum atomic E-state index is -0.859. The smallest absolute Gasteiger partial charge is 0.310 e. The van der Waals surface area contributed by atoms with Crippen LogP contribution in [0, 0.1) is 0 Å². The lowest BCUT2D eigenvalue weighted by Gasteiger charge is -2.11. The van der Waals surface area contributed by atoms with Crippen LogP contribution in [-0.4, -0.2) is 28.5 Å². The third-order valence-corrected chi connectivity index (χ3v) is 3.69. The summed E-state index contributed by atoms with van der Waals surface area (Å²) in [4.78, 5) is 22.5. The number of aliphatic carboxylic acids is 1. The standard InChI is InChI=1S/C13H17NO3S/c1-8(13(16)17)10-4-6-11(7-5-10)14-12(15)9(2)18-3/h4-9H,1-3H3,(H,14,15)(H,16,17). The zero-order valence-electron chi connectivity index (χ0n) is 10.6. The van der Waals surface area contributed by atoms with Crippen molar-refractivity contribution in [1.82, 2.24) is 0 Å². The van der Waals surface area contributed by atoms with Crippen molar-refractivity contribution in [1.29, 1.82) is 0 Å². The highest BCUT2D eigenvalue weighted by Crippen LogP contribution is 2.19. The molecule has 0 spiro atoms. The Morgan fingerprint density at radius 3 is 2.22 bits per heavy atom. The molecule has 0 aliphatic heterocycles. The Hall–Kier alpha value is -1.49. The number of thioether (sulfide) groups is 1. The molecule has 98 valence electrons. The molecule has 1 rings (SSSR count). The molecule has 1 amide bonds. The Kier molecular flexibility index (Phi) is 5.22. The summed E-state index contributed by atoms with van der Waals surface area (Å²) in [7, 11) is 0. The molecular weight excluding hydrogens is 250 g/mol. The Morgan fingerprint density at radius 1 is 1.22 bits per heavy atom. The van der Waals surface area contributed by atoms with Gasteiger partial charge in [-0.1, -0.05) is 12.1 Å². The SMILES string of the molecule is CSC(C)C(=O)Nc1ccc(C(C)C(=O)O)cc1. The van der Waals surface area contributed by atoms with Crippen molar-refractivity contribution in [2.75, 3.05) is 11.6 Å². The molecule has 0 saturated carbocycles. The molecule has 0 fully saturated rings. The van der Waals surface area contributed by atoms with Crippen LogP contribution in [0.2, 0.25) is 0 Å². The fraction of sp³-hybridized carbons (Fsp3) is 0.385. The van der Waals surface area contributed by atoms with E-state index in [4.69, 9.17) is 5.11 Å². The Balaban J connectivity index is 2.72. The fourth-order valence-corrected chi connectivity index (χ4v) is 1.62. The van der Waals surface area contributed by atoms with Crippen molar-refractivity contribution in [3.8, 4) is 0 Å². The lowest BCUT2D eigenvalue weighted by atomic mass is 10.0. The van der Waals surface area contributed by atoms with E-state index < -0.39 is 11.9 Å². The molecule has 2 atom stereocenters. The maximum Gasteiger partial charge on any atom is 0.310 e. The number of hydrogen-bond acceptors (Lipinski definition) is 3. The van der Waals surface area contributed by atoms with Crippen LogP contribution < -0.4 is 5.32 Å². The first-order valence-electron chi connectivity index (χ1n) is 5.62. The maximum atomic E-state index is 11.6. The van der Waals surface area contributed by atoms with Gasteiger partial charge < -0.3 is 10.4 Å². The van der Waals surface area contributed by atoms with E-state index in [1.165, 1.54) is 11.8 Å². The van der Waals surface area contributed by atoms with Crippen molar-refractivity contribution < 1.29 is 14.7 Å². The molecule has 5 heteroatoms. The predicted octanol–water partition coefficient (Wildman–Crippen LogP) is 2.56. The normalized spacial score (nSPS) is 13.7. The second-order valence-electron chi connectivity index (χ2n) is 4.05. The van der Waals surface area contributed by atoms with Crippen LogP contribution in [0.25, 0.3) is 0 Å². The second-order valence-corrected chi connectivity index (χ2v) is 5.23. The highest BCUT2D eigenvalue weighted by atomic mass is 32.2. The van der Waals surface area contributed by atoms with Crippen LogP contribution in [0.15, 0.2) is 24.3 Å². The molecule has 0 bridgehead atoms. The molecule has 1 aromatic rings. The fourth-order valence-electron chi connectivity index (χ4n) is 1.35. The molecule has 18 heavy (non-hydrogen) atoms. The first-order chi connectivity index (χ1) is 8.45. The monoisotopic (exact) mass is 267 g/mol. The number of carboxylic acid groups (broad SMARTS) is 1. The molecule has 4 nitrogen and oxygen atoms in total. The lowest BCUT2D eigenvalue weighted by Crippen LogP contribution is -2.22. The van der Waals surface area contributed by atoms with Crippen LogP contribution in [0.3, 0.4) is 0 Å². The number of hydrogen-bond donors (Lipinski definition) is 2. The average molecular weight is 267 g/mol. The first-order valence-corrected chi connectivity index (χ1v) is 6.91. The quantitative estimate of drug-likeness (QED) is 0.860. The number of anilines is 1. The van der Waals surface area contributed by atoms with E-state index in [1.54, 1.807) is 31.2 Å². The summed E-state index contributed by atoms with van der Waals surface area (Å²) in [6, 6.07) is 6.88. The van der Waals surface area contributed by atoms with E-state index in [-0.39, 0.29) is 11.2 Å².